The lowest BCUT2D eigenvalue weighted by atomic mass is 10.1. The first-order valence-electron chi connectivity index (χ1n) is 10.7. The number of hydrogen-bond donors (Lipinski definition) is 1. The fourth-order valence-corrected chi connectivity index (χ4v) is 5.50. The zero-order valence-corrected chi connectivity index (χ0v) is 20.2. The van der Waals surface area contributed by atoms with E-state index in [0.29, 0.717) is 11.4 Å². The fourth-order valence-electron chi connectivity index (χ4n) is 3.39. The summed E-state index contributed by atoms with van der Waals surface area (Å²) in [5.74, 6) is 0.445. The number of nitrogens with zero attached hydrogens (tertiary/aromatic N) is 1. The normalized spacial score (nSPS) is 11.1. The molecule has 0 saturated heterocycles. The second kappa shape index (κ2) is 10.6. The van der Waals surface area contributed by atoms with E-state index in [4.69, 9.17) is 0 Å². The first-order valence-corrected chi connectivity index (χ1v) is 13.1. The lowest BCUT2D eigenvalue weighted by Gasteiger charge is -2.22. The molecule has 0 bridgehead atoms. The Bertz CT molecular complexity index is 1360. The Morgan fingerprint density at radius 2 is 1.38 bits per heavy atom. The van der Waals surface area contributed by atoms with E-state index in [-0.39, 0.29) is 16.4 Å². The summed E-state index contributed by atoms with van der Waals surface area (Å²) in [5, 5.41) is 2.88. The van der Waals surface area contributed by atoms with Crippen LogP contribution in [0.15, 0.2) is 119 Å². The second-order valence-corrected chi connectivity index (χ2v) is 10.6. The molecule has 0 saturated carbocycles. The number of sulfonamides is 1. The molecule has 0 aliphatic heterocycles. The number of hydrogen-bond acceptors (Lipinski definition) is 4. The molecule has 0 aromatic heterocycles. The van der Waals surface area contributed by atoms with Gasteiger partial charge in [0.25, 0.3) is 15.9 Å². The van der Waals surface area contributed by atoms with Gasteiger partial charge < -0.3 is 5.32 Å². The Labute approximate surface area is 204 Å². The molecule has 172 valence electrons. The number of nitrogens with one attached hydrogen (secondary N) is 1. The van der Waals surface area contributed by atoms with Crippen molar-refractivity contribution in [1.29, 1.82) is 0 Å². The molecule has 1 amide bonds. The standard InChI is InChI=1S/C27H24N2O3S2/c1-29(34(31,32)24-12-6-3-7-13-24)26-15-9-8-14-25(26)27(30)28-22-18-16-21(17-19-22)20-33-23-10-4-2-5-11-23/h2-19H,20H2,1H3,(H,28,30). The third-order valence-corrected chi connectivity index (χ3v) is 8.12. The van der Waals surface area contributed by atoms with E-state index in [1.165, 1.54) is 24.1 Å². The van der Waals surface area contributed by atoms with Crippen molar-refractivity contribution < 1.29 is 13.2 Å². The van der Waals surface area contributed by atoms with Crippen molar-refractivity contribution in [2.45, 2.75) is 15.5 Å². The van der Waals surface area contributed by atoms with Gasteiger partial charge in [-0.3, -0.25) is 9.10 Å². The predicted octanol–water partition coefficient (Wildman–Crippen LogP) is 6.06. The Morgan fingerprint density at radius 3 is 2.06 bits per heavy atom. The van der Waals surface area contributed by atoms with Crippen molar-refractivity contribution >= 4 is 39.1 Å². The number of carbonyl (C=O) groups is 1. The number of benzene rings is 4. The summed E-state index contributed by atoms with van der Waals surface area (Å²) in [6.07, 6.45) is 0. The maximum Gasteiger partial charge on any atom is 0.264 e. The summed E-state index contributed by atoms with van der Waals surface area (Å²) in [7, 11) is -2.35. The van der Waals surface area contributed by atoms with Gasteiger partial charge in [-0.1, -0.05) is 60.7 Å². The summed E-state index contributed by atoms with van der Waals surface area (Å²) in [6, 6.07) is 32.7. The number of anilines is 2. The Hall–Kier alpha value is -3.55. The van der Waals surface area contributed by atoms with Gasteiger partial charge in [0, 0.05) is 23.4 Å². The van der Waals surface area contributed by atoms with E-state index >= 15 is 0 Å². The molecule has 0 radical (unpaired) electrons. The lowest BCUT2D eigenvalue weighted by Crippen LogP contribution is -2.29. The number of rotatable bonds is 8. The van der Waals surface area contributed by atoms with Crippen LogP contribution in [-0.2, 0) is 15.8 Å². The molecule has 0 spiro atoms. The number of amides is 1. The molecule has 4 aromatic rings. The van der Waals surface area contributed by atoms with Crippen molar-refractivity contribution in [2.75, 3.05) is 16.7 Å². The topological polar surface area (TPSA) is 66.5 Å². The van der Waals surface area contributed by atoms with Crippen molar-refractivity contribution in [2.24, 2.45) is 0 Å². The van der Waals surface area contributed by atoms with Crippen LogP contribution in [0.4, 0.5) is 11.4 Å². The molecule has 0 fully saturated rings. The monoisotopic (exact) mass is 488 g/mol. The summed E-state index contributed by atoms with van der Waals surface area (Å²) >= 11 is 1.75. The van der Waals surface area contributed by atoms with Gasteiger partial charge in [-0.05, 0) is 54.1 Å². The molecule has 4 rings (SSSR count). The third kappa shape index (κ3) is 5.50. The van der Waals surface area contributed by atoms with Crippen LogP contribution in [0.25, 0.3) is 0 Å². The number of thioether (sulfide) groups is 1. The van der Waals surface area contributed by atoms with Crippen LogP contribution in [0.2, 0.25) is 0 Å². The van der Waals surface area contributed by atoms with E-state index < -0.39 is 10.0 Å². The van der Waals surface area contributed by atoms with Crippen molar-refractivity contribution in [1.82, 2.24) is 0 Å². The Morgan fingerprint density at radius 1 is 0.794 bits per heavy atom. The second-order valence-electron chi connectivity index (χ2n) is 7.56. The fraction of sp³-hybridized carbons (Fsp3) is 0.0741. The SMILES string of the molecule is CN(c1ccccc1C(=O)Nc1ccc(CSc2ccccc2)cc1)S(=O)(=O)c1ccccc1. The van der Waals surface area contributed by atoms with Gasteiger partial charge in [0.1, 0.15) is 0 Å². The lowest BCUT2D eigenvalue weighted by molar-refractivity contribution is 0.102. The van der Waals surface area contributed by atoms with E-state index in [1.54, 1.807) is 54.2 Å². The van der Waals surface area contributed by atoms with Crippen LogP contribution >= 0.6 is 11.8 Å². The summed E-state index contributed by atoms with van der Waals surface area (Å²) < 4.78 is 27.3. The highest BCUT2D eigenvalue weighted by molar-refractivity contribution is 7.98. The number of carbonyl (C=O) groups excluding carboxylic acids is 1. The average Bonchev–Trinajstić information content (AvgIpc) is 2.89. The zero-order chi connectivity index (χ0) is 24.0. The van der Waals surface area contributed by atoms with Gasteiger partial charge in [-0.15, -0.1) is 11.8 Å². The summed E-state index contributed by atoms with van der Waals surface area (Å²) in [5.41, 5.74) is 2.36. The van der Waals surface area contributed by atoms with Crippen LogP contribution < -0.4 is 9.62 Å². The van der Waals surface area contributed by atoms with Gasteiger partial charge in [-0.2, -0.15) is 0 Å². The van der Waals surface area contributed by atoms with Gasteiger partial charge in [0.05, 0.1) is 16.1 Å². The highest BCUT2D eigenvalue weighted by Crippen LogP contribution is 2.27. The molecule has 0 heterocycles. The molecule has 7 heteroatoms. The largest absolute Gasteiger partial charge is 0.322 e. The van der Waals surface area contributed by atoms with Gasteiger partial charge >= 0.3 is 0 Å². The summed E-state index contributed by atoms with van der Waals surface area (Å²) in [4.78, 5) is 14.4. The Balaban J connectivity index is 1.48. The third-order valence-electron chi connectivity index (χ3n) is 5.25. The van der Waals surface area contributed by atoms with Crippen LogP contribution in [0.3, 0.4) is 0 Å². The predicted molar refractivity (Wildman–Crippen MR) is 139 cm³/mol. The minimum atomic E-state index is -3.80. The first-order chi connectivity index (χ1) is 16.4. The minimum Gasteiger partial charge on any atom is -0.322 e. The van der Waals surface area contributed by atoms with Crippen LogP contribution in [-0.4, -0.2) is 21.4 Å². The van der Waals surface area contributed by atoms with E-state index in [9.17, 15) is 13.2 Å². The van der Waals surface area contributed by atoms with Crippen LogP contribution in [0.5, 0.6) is 0 Å². The van der Waals surface area contributed by atoms with E-state index in [0.717, 1.165) is 15.6 Å². The molecule has 5 nitrogen and oxygen atoms in total. The van der Waals surface area contributed by atoms with Crippen LogP contribution in [0.1, 0.15) is 15.9 Å². The molecule has 0 aliphatic rings. The van der Waals surface area contributed by atoms with E-state index in [1.807, 2.05) is 42.5 Å². The minimum absolute atomic E-state index is 0.164. The van der Waals surface area contributed by atoms with Gasteiger partial charge in [-0.25, -0.2) is 8.42 Å². The highest BCUT2D eigenvalue weighted by atomic mass is 32.2. The van der Waals surface area contributed by atoms with Crippen molar-refractivity contribution in [3.8, 4) is 0 Å². The first kappa shape index (κ1) is 23.6. The van der Waals surface area contributed by atoms with Gasteiger partial charge in [0.15, 0.2) is 0 Å². The maximum atomic E-state index is 13.1. The van der Waals surface area contributed by atoms with Crippen molar-refractivity contribution in [3.63, 3.8) is 0 Å². The molecule has 34 heavy (non-hydrogen) atoms. The van der Waals surface area contributed by atoms with Gasteiger partial charge in [0.2, 0.25) is 0 Å². The van der Waals surface area contributed by atoms with Crippen LogP contribution in [0, 0.1) is 0 Å². The molecular formula is C27H24N2O3S2. The molecule has 1 N–H and O–H groups in total. The Kier molecular flexibility index (Phi) is 7.35. The smallest absolute Gasteiger partial charge is 0.264 e. The molecule has 4 aromatic carbocycles. The zero-order valence-electron chi connectivity index (χ0n) is 18.6. The number of para-hydroxylation sites is 1. The molecule has 0 atom stereocenters. The molecular weight excluding hydrogens is 464 g/mol. The maximum absolute atomic E-state index is 13.1. The molecule has 0 unspecified atom stereocenters. The quantitative estimate of drug-likeness (QED) is 0.306. The van der Waals surface area contributed by atoms with Crippen molar-refractivity contribution in [3.05, 3.63) is 120 Å². The van der Waals surface area contributed by atoms with E-state index in [2.05, 4.69) is 17.4 Å². The highest BCUT2D eigenvalue weighted by Gasteiger charge is 2.24. The average molecular weight is 489 g/mol. The summed E-state index contributed by atoms with van der Waals surface area (Å²) in [6.45, 7) is 0. The molecule has 0 aliphatic carbocycles.